The first-order chi connectivity index (χ1) is 14.9. The van der Waals surface area contributed by atoms with E-state index in [-0.39, 0.29) is 10.9 Å². The van der Waals surface area contributed by atoms with E-state index in [0.717, 1.165) is 5.56 Å². The number of anilines is 2. The van der Waals surface area contributed by atoms with Gasteiger partial charge in [-0.1, -0.05) is 60.1 Å². The lowest BCUT2D eigenvalue weighted by atomic mass is 9.92. The first-order valence-corrected chi connectivity index (χ1v) is 10.1. The smallest absolute Gasteiger partial charge is 0.413 e. The fraction of sp³-hybridized carbons (Fsp3) is 0.0870. The zero-order chi connectivity index (χ0) is 22.4. The second-order valence-electron chi connectivity index (χ2n) is 6.59. The third-order valence-electron chi connectivity index (χ3n) is 4.61. The Bertz CT molecular complexity index is 1140. The molecule has 158 valence electrons. The maximum atomic E-state index is 13.2. The highest BCUT2D eigenvalue weighted by molar-refractivity contribution is 7.80. The summed E-state index contributed by atoms with van der Waals surface area (Å²) < 4.78 is 4.54. The van der Waals surface area contributed by atoms with Gasteiger partial charge in [0.05, 0.1) is 18.5 Å². The van der Waals surface area contributed by atoms with Crippen molar-refractivity contribution in [1.29, 1.82) is 0 Å². The number of carbonyl (C=O) groups excluding carboxylic acids is 2. The lowest BCUT2D eigenvalue weighted by Crippen LogP contribution is -2.34. The molecule has 0 atom stereocenters. The van der Waals surface area contributed by atoms with Crippen LogP contribution >= 0.6 is 23.8 Å². The van der Waals surface area contributed by atoms with Gasteiger partial charge >= 0.3 is 6.09 Å². The summed E-state index contributed by atoms with van der Waals surface area (Å²) in [5.74, 6) is -0.156. The Morgan fingerprint density at radius 1 is 1.03 bits per heavy atom. The molecule has 0 bridgehead atoms. The van der Waals surface area contributed by atoms with Crippen LogP contribution in [0.15, 0.2) is 66.7 Å². The monoisotopic (exact) mass is 453 g/mol. The summed E-state index contributed by atoms with van der Waals surface area (Å²) in [7, 11) is 1.23. The van der Waals surface area contributed by atoms with Gasteiger partial charge in [-0.2, -0.15) is 0 Å². The van der Waals surface area contributed by atoms with E-state index in [1.54, 1.807) is 42.5 Å². The molecule has 0 aliphatic heterocycles. The number of methoxy groups -OCH3 is 1. The van der Waals surface area contributed by atoms with E-state index >= 15 is 0 Å². The minimum Gasteiger partial charge on any atom is -0.453 e. The molecule has 0 spiro atoms. The topological polar surface area (TPSA) is 93.5 Å². The minimum absolute atomic E-state index is 0.0179. The molecule has 0 saturated carbocycles. The molecule has 3 aromatic carbocycles. The van der Waals surface area contributed by atoms with Crippen molar-refractivity contribution in [2.45, 2.75) is 6.42 Å². The number of ketones is 1. The lowest BCUT2D eigenvalue weighted by Gasteiger charge is -2.18. The van der Waals surface area contributed by atoms with Crippen LogP contribution in [-0.2, 0) is 11.2 Å². The molecular formula is C23H20ClN3O3S. The number of alkyl carbamates (subject to hydrolysis) is 1. The predicted molar refractivity (Wildman–Crippen MR) is 127 cm³/mol. The molecule has 0 unspecified atom stereocenters. The highest BCUT2D eigenvalue weighted by atomic mass is 35.5. The van der Waals surface area contributed by atoms with E-state index in [0.29, 0.717) is 39.5 Å². The minimum atomic E-state index is -0.705. The summed E-state index contributed by atoms with van der Waals surface area (Å²) in [6, 6.07) is 19.6. The second kappa shape index (κ2) is 10.1. The maximum Gasteiger partial charge on any atom is 0.413 e. The fourth-order valence-electron chi connectivity index (χ4n) is 3.05. The van der Waals surface area contributed by atoms with E-state index in [4.69, 9.17) is 29.6 Å². The lowest BCUT2D eigenvalue weighted by molar-refractivity contribution is 0.103. The van der Waals surface area contributed by atoms with Gasteiger partial charge in [0.2, 0.25) is 0 Å². The molecule has 31 heavy (non-hydrogen) atoms. The zero-order valence-electron chi connectivity index (χ0n) is 16.6. The number of hydrogen-bond donors (Lipinski definition) is 3. The molecule has 0 aliphatic rings. The van der Waals surface area contributed by atoms with E-state index < -0.39 is 6.09 Å². The molecule has 3 aromatic rings. The number of rotatable bonds is 5. The van der Waals surface area contributed by atoms with E-state index in [1.807, 2.05) is 24.3 Å². The number of thiocarbonyl (C=S) groups is 1. The second-order valence-corrected chi connectivity index (χ2v) is 7.40. The largest absolute Gasteiger partial charge is 0.453 e. The van der Waals surface area contributed by atoms with Gasteiger partial charge in [0.1, 0.15) is 0 Å². The molecular weight excluding hydrogens is 434 g/mol. The molecule has 0 aromatic heterocycles. The van der Waals surface area contributed by atoms with Gasteiger partial charge in [-0.15, -0.1) is 0 Å². The Kier molecular flexibility index (Phi) is 7.23. The number of nitrogens with one attached hydrogen (secondary N) is 2. The number of halogens is 1. The summed E-state index contributed by atoms with van der Waals surface area (Å²) in [4.78, 5) is 24.6. The summed E-state index contributed by atoms with van der Waals surface area (Å²) in [5, 5.41) is 5.82. The van der Waals surface area contributed by atoms with Crippen molar-refractivity contribution in [2.24, 2.45) is 0 Å². The SMILES string of the molecule is COC(=O)NC(=S)Nc1ccc(C(=O)c2ccccc2)c(Cc2ccccc2Cl)c1N. The van der Waals surface area contributed by atoms with E-state index in [1.165, 1.54) is 7.11 Å². The van der Waals surface area contributed by atoms with Gasteiger partial charge in [-0.25, -0.2) is 4.79 Å². The van der Waals surface area contributed by atoms with Gasteiger partial charge in [0.25, 0.3) is 0 Å². The van der Waals surface area contributed by atoms with Gasteiger partial charge in [-0.05, 0) is 41.5 Å². The molecule has 0 saturated heterocycles. The van der Waals surface area contributed by atoms with Gasteiger partial charge in [0.15, 0.2) is 10.9 Å². The van der Waals surface area contributed by atoms with Crippen molar-refractivity contribution < 1.29 is 14.3 Å². The molecule has 8 heteroatoms. The van der Waals surface area contributed by atoms with Gasteiger partial charge in [0, 0.05) is 22.6 Å². The number of nitrogen functional groups attached to an aromatic ring is 1. The zero-order valence-corrected chi connectivity index (χ0v) is 18.2. The average Bonchev–Trinajstić information content (AvgIpc) is 2.78. The fourth-order valence-corrected chi connectivity index (χ4v) is 3.45. The van der Waals surface area contributed by atoms with Crippen molar-refractivity contribution in [3.05, 3.63) is 94.0 Å². The third kappa shape index (κ3) is 5.39. The summed E-state index contributed by atoms with van der Waals surface area (Å²) in [5.41, 5.74) is 9.66. The first-order valence-electron chi connectivity index (χ1n) is 9.31. The molecule has 0 heterocycles. The molecule has 0 radical (unpaired) electrons. The van der Waals surface area contributed by atoms with Crippen LogP contribution in [0.25, 0.3) is 0 Å². The molecule has 0 fully saturated rings. The highest BCUT2D eigenvalue weighted by Gasteiger charge is 2.20. The molecule has 0 aliphatic carbocycles. The number of nitrogens with two attached hydrogens (primary N) is 1. The number of carbonyl (C=O) groups is 2. The van der Waals surface area contributed by atoms with Crippen LogP contribution in [0.3, 0.4) is 0 Å². The average molecular weight is 454 g/mol. The Balaban J connectivity index is 2.03. The Morgan fingerprint density at radius 2 is 1.71 bits per heavy atom. The molecule has 4 N–H and O–H groups in total. The number of amides is 1. The Morgan fingerprint density at radius 3 is 2.39 bits per heavy atom. The van der Waals surface area contributed by atoms with E-state index in [9.17, 15) is 9.59 Å². The van der Waals surface area contributed by atoms with Gasteiger partial charge < -0.3 is 15.8 Å². The summed E-state index contributed by atoms with van der Waals surface area (Å²) in [6.07, 6.45) is -0.366. The summed E-state index contributed by atoms with van der Waals surface area (Å²) in [6.45, 7) is 0. The van der Waals surface area contributed by atoms with Crippen molar-refractivity contribution >= 4 is 52.2 Å². The molecule has 6 nitrogen and oxygen atoms in total. The van der Waals surface area contributed by atoms with E-state index in [2.05, 4.69) is 15.4 Å². The maximum absolute atomic E-state index is 13.2. The van der Waals surface area contributed by atoms with Crippen molar-refractivity contribution in [2.75, 3.05) is 18.2 Å². The van der Waals surface area contributed by atoms with Crippen LogP contribution in [0.4, 0.5) is 16.2 Å². The predicted octanol–water partition coefficient (Wildman–Crippen LogP) is 4.80. The number of ether oxygens (including phenoxy) is 1. The van der Waals surface area contributed by atoms with Gasteiger partial charge in [-0.3, -0.25) is 10.1 Å². The Hall–Kier alpha value is -3.42. The number of hydrogen-bond acceptors (Lipinski definition) is 5. The van der Waals surface area contributed by atoms with Crippen LogP contribution in [-0.4, -0.2) is 24.1 Å². The van der Waals surface area contributed by atoms with Crippen LogP contribution < -0.4 is 16.4 Å². The molecule has 3 rings (SSSR count). The normalized spacial score (nSPS) is 10.3. The standard InChI is InChI=1S/C23H20ClN3O3S/c1-30-23(29)27-22(31)26-19-12-11-16(21(28)14-7-3-2-4-8-14)17(20(19)25)13-15-9-5-6-10-18(15)24/h2-12H,13,25H2,1H3,(H2,26,27,29,31). The van der Waals surface area contributed by atoms with Crippen molar-refractivity contribution in [3.63, 3.8) is 0 Å². The quantitative estimate of drug-likeness (QED) is 0.292. The molecule has 1 amide bonds. The Labute approximate surface area is 190 Å². The van der Waals surface area contributed by atoms with Crippen molar-refractivity contribution in [1.82, 2.24) is 5.32 Å². The third-order valence-corrected chi connectivity index (χ3v) is 5.18. The van der Waals surface area contributed by atoms with Crippen LogP contribution in [0.1, 0.15) is 27.0 Å². The van der Waals surface area contributed by atoms with Crippen LogP contribution in [0.2, 0.25) is 5.02 Å². The number of benzene rings is 3. The summed E-state index contributed by atoms with van der Waals surface area (Å²) >= 11 is 11.5. The van der Waals surface area contributed by atoms with Crippen LogP contribution in [0, 0.1) is 0 Å². The highest BCUT2D eigenvalue weighted by Crippen LogP contribution is 2.31. The van der Waals surface area contributed by atoms with Crippen molar-refractivity contribution in [3.8, 4) is 0 Å². The van der Waals surface area contributed by atoms with Crippen LogP contribution in [0.5, 0.6) is 0 Å². The first kappa shape index (κ1) is 22.3.